The molecule has 3 nitrogen and oxygen atoms in total. The van der Waals surface area contributed by atoms with Crippen molar-refractivity contribution < 1.29 is 4.79 Å². The maximum absolute atomic E-state index is 11.1. The van der Waals surface area contributed by atoms with Gasteiger partial charge in [0.15, 0.2) is 0 Å². The lowest BCUT2D eigenvalue weighted by atomic mass is 10.1. The van der Waals surface area contributed by atoms with E-state index in [0.29, 0.717) is 0 Å². The molecule has 1 heterocycles. The molecule has 0 spiro atoms. The Bertz CT molecular complexity index is 182. The van der Waals surface area contributed by atoms with Gasteiger partial charge in [0.25, 0.3) is 0 Å². The number of likely N-dealkylation sites (tertiary alicyclic amines) is 1. The maximum Gasteiger partial charge on any atom is 0.241 e. The molecule has 1 atom stereocenters. The van der Waals surface area contributed by atoms with Crippen molar-refractivity contribution in [2.45, 2.75) is 51.5 Å². The van der Waals surface area contributed by atoms with Crippen molar-refractivity contribution in [3.05, 3.63) is 0 Å². The standard InChI is InChI=1S/C11H22N2O/c1-2-3-4-5-6-7-8-13-9-10(12)11(13)14/h10H,2-9,12H2,1H3. The van der Waals surface area contributed by atoms with Crippen molar-refractivity contribution >= 4 is 5.91 Å². The Hall–Kier alpha value is -0.570. The fourth-order valence-corrected chi connectivity index (χ4v) is 1.81. The van der Waals surface area contributed by atoms with Gasteiger partial charge in [-0.25, -0.2) is 0 Å². The number of hydrogen-bond donors (Lipinski definition) is 1. The van der Waals surface area contributed by atoms with Gasteiger partial charge in [0, 0.05) is 13.1 Å². The second-order valence-corrected chi connectivity index (χ2v) is 4.16. The van der Waals surface area contributed by atoms with Crippen LogP contribution in [0.3, 0.4) is 0 Å². The number of amides is 1. The predicted octanol–water partition coefficient (Wildman–Crippen LogP) is 1.52. The molecule has 1 aliphatic heterocycles. The minimum Gasteiger partial charge on any atom is -0.339 e. The van der Waals surface area contributed by atoms with E-state index in [4.69, 9.17) is 5.73 Å². The van der Waals surface area contributed by atoms with E-state index in [1.165, 1.54) is 32.1 Å². The van der Waals surface area contributed by atoms with Crippen LogP contribution >= 0.6 is 0 Å². The number of nitrogens with zero attached hydrogens (tertiary/aromatic N) is 1. The molecule has 14 heavy (non-hydrogen) atoms. The molecule has 0 aliphatic carbocycles. The largest absolute Gasteiger partial charge is 0.339 e. The summed E-state index contributed by atoms with van der Waals surface area (Å²) in [5, 5.41) is 0. The molecule has 0 saturated carbocycles. The van der Waals surface area contributed by atoms with Gasteiger partial charge in [0.2, 0.25) is 5.91 Å². The Balaban J connectivity index is 1.87. The van der Waals surface area contributed by atoms with Gasteiger partial charge < -0.3 is 10.6 Å². The molecular weight excluding hydrogens is 176 g/mol. The average molecular weight is 198 g/mol. The minimum absolute atomic E-state index is 0.138. The first-order chi connectivity index (χ1) is 6.75. The molecule has 1 aliphatic rings. The minimum atomic E-state index is -0.199. The average Bonchev–Trinajstić information content (AvgIpc) is 2.21. The molecule has 0 aromatic heterocycles. The summed E-state index contributed by atoms with van der Waals surface area (Å²) >= 11 is 0. The number of carbonyl (C=O) groups is 1. The SMILES string of the molecule is CCCCCCCCN1CC(N)C1=O. The summed E-state index contributed by atoms with van der Waals surface area (Å²) in [5.41, 5.74) is 5.49. The van der Waals surface area contributed by atoms with E-state index in [-0.39, 0.29) is 11.9 Å². The van der Waals surface area contributed by atoms with Crippen LogP contribution in [0, 0.1) is 0 Å². The van der Waals surface area contributed by atoms with Crippen molar-refractivity contribution in [3.63, 3.8) is 0 Å². The number of nitrogens with two attached hydrogens (primary N) is 1. The first-order valence-corrected chi connectivity index (χ1v) is 5.80. The van der Waals surface area contributed by atoms with E-state index in [1.807, 2.05) is 4.90 Å². The summed E-state index contributed by atoms with van der Waals surface area (Å²) in [4.78, 5) is 13.0. The van der Waals surface area contributed by atoms with Crippen LogP contribution in [0.25, 0.3) is 0 Å². The highest BCUT2D eigenvalue weighted by Crippen LogP contribution is 2.11. The third-order valence-corrected chi connectivity index (χ3v) is 2.83. The molecule has 0 bridgehead atoms. The van der Waals surface area contributed by atoms with Crippen molar-refractivity contribution in [3.8, 4) is 0 Å². The number of rotatable bonds is 7. The third kappa shape index (κ3) is 3.29. The molecule has 1 fully saturated rings. The Kier molecular flexibility index (Phi) is 4.94. The Morgan fingerprint density at radius 2 is 1.93 bits per heavy atom. The van der Waals surface area contributed by atoms with Crippen LogP contribution in [0.15, 0.2) is 0 Å². The zero-order valence-corrected chi connectivity index (χ0v) is 9.17. The summed E-state index contributed by atoms with van der Waals surface area (Å²) in [5.74, 6) is 0.138. The number of hydrogen-bond acceptors (Lipinski definition) is 2. The summed E-state index contributed by atoms with van der Waals surface area (Å²) in [6, 6.07) is -0.199. The zero-order valence-electron chi connectivity index (χ0n) is 9.17. The quantitative estimate of drug-likeness (QED) is 0.498. The second kappa shape index (κ2) is 6.02. The lowest BCUT2D eigenvalue weighted by Crippen LogP contribution is -2.60. The molecule has 82 valence electrons. The lowest BCUT2D eigenvalue weighted by molar-refractivity contribution is -0.142. The molecule has 0 radical (unpaired) electrons. The highest BCUT2D eigenvalue weighted by atomic mass is 16.2. The number of unbranched alkanes of at least 4 members (excludes halogenated alkanes) is 5. The molecular formula is C11H22N2O. The molecule has 1 unspecified atom stereocenters. The number of β-lactam (4-membered cyclic amide) rings is 1. The highest BCUT2D eigenvalue weighted by molar-refractivity contribution is 5.87. The first kappa shape index (κ1) is 11.5. The van der Waals surface area contributed by atoms with Crippen molar-refractivity contribution in [2.75, 3.05) is 13.1 Å². The van der Waals surface area contributed by atoms with Crippen molar-refractivity contribution in [2.24, 2.45) is 5.73 Å². The molecule has 1 rings (SSSR count). The van der Waals surface area contributed by atoms with Gasteiger partial charge >= 0.3 is 0 Å². The second-order valence-electron chi connectivity index (χ2n) is 4.16. The van der Waals surface area contributed by atoms with Crippen LogP contribution in [0.4, 0.5) is 0 Å². The summed E-state index contributed by atoms with van der Waals surface area (Å²) in [6.45, 7) is 3.91. The fourth-order valence-electron chi connectivity index (χ4n) is 1.81. The third-order valence-electron chi connectivity index (χ3n) is 2.83. The van der Waals surface area contributed by atoms with Crippen LogP contribution in [0.5, 0.6) is 0 Å². The van der Waals surface area contributed by atoms with E-state index < -0.39 is 0 Å². The normalized spacial score (nSPS) is 21.1. The fraction of sp³-hybridized carbons (Fsp3) is 0.909. The summed E-state index contributed by atoms with van der Waals surface area (Å²) in [6.07, 6.45) is 7.67. The van der Waals surface area contributed by atoms with E-state index >= 15 is 0 Å². The molecule has 0 aromatic carbocycles. The van der Waals surface area contributed by atoms with Crippen LogP contribution in [0.2, 0.25) is 0 Å². The van der Waals surface area contributed by atoms with Gasteiger partial charge in [-0.05, 0) is 6.42 Å². The van der Waals surface area contributed by atoms with E-state index in [1.54, 1.807) is 0 Å². The van der Waals surface area contributed by atoms with E-state index in [9.17, 15) is 4.79 Å². The monoisotopic (exact) mass is 198 g/mol. The lowest BCUT2D eigenvalue weighted by Gasteiger charge is -2.36. The summed E-state index contributed by atoms with van der Waals surface area (Å²) < 4.78 is 0. The van der Waals surface area contributed by atoms with Crippen LogP contribution in [-0.2, 0) is 4.79 Å². The Morgan fingerprint density at radius 1 is 1.29 bits per heavy atom. The molecule has 2 N–H and O–H groups in total. The van der Waals surface area contributed by atoms with E-state index in [2.05, 4.69) is 6.92 Å². The van der Waals surface area contributed by atoms with E-state index in [0.717, 1.165) is 19.5 Å². The van der Waals surface area contributed by atoms with Gasteiger partial charge in [-0.2, -0.15) is 0 Å². The van der Waals surface area contributed by atoms with Gasteiger partial charge in [0.1, 0.15) is 6.04 Å². The van der Waals surface area contributed by atoms with Crippen LogP contribution in [-0.4, -0.2) is 29.9 Å². The Labute approximate surface area is 86.6 Å². The maximum atomic E-state index is 11.1. The molecule has 0 aromatic rings. The Morgan fingerprint density at radius 3 is 2.50 bits per heavy atom. The molecule has 3 heteroatoms. The van der Waals surface area contributed by atoms with Crippen molar-refractivity contribution in [1.29, 1.82) is 0 Å². The summed E-state index contributed by atoms with van der Waals surface area (Å²) in [7, 11) is 0. The van der Waals surface area contributed by atoms with Gasteiger partial charge in [-0.3, -0.25) is 4.79 Å². The number of carbonyl (C=O) groups excluding carboxylic acids is 1. The van der Waals surface area contributed by atoms with Gasteiger partial charge in [-0.15, -0.1) is 0 Å². The van der Waals surface area contributed by atoms with Crippen molar-refractivity contribution in [1.82, 2.24) is 4.90 Å². The van der Waals surface area contributed by atoms with Crippen LogP contribution < -0.4 is 5.73 Å². The molecule has 1 saturated heterocycles. The first-order valence-electron chi connectivity index (χ1n) is 5.80. The molecule has 1 amide bonds. The van der Waals surface area contributed by atoms with Crippen LogP contribution in [0.1, 0.15) is 45.4 Å². The predicted molar refractivity (Wildman–Crippen MR) is 57.9 cm³/mol. The zero-order chi connectivity index (χ0) is 10.4. The van der Waals surface area contributed by atoms with Gasteiger partial charge in [-0.1, -0.05) is 39.0 Å². The highest BCUT2D eigenvalue weighted by Gasteiger charge is 2.32. The topological polar surface area (TPSA) is 46.3 Å². The van der Waals surface area contributed by atoms with Gasteiger partial charge in [0.05, 0.1) is 0 Å². The smallest absolute Gasteiger partial charge is 0.241 e.